The molecule has 0 radical (unpaired) electrons. The number of nitrogens with one attached hydrogen (secondary N) is 1. The third-order valence-electron chi connectivity index (χ3n) is 3.15. The minimum Gasteiger partial charge on any atom is -0.351 e. The average Bonchev–Trinajstić information content (AvgIpc) is 2.71. The van der Waals surface area contributed by atoms with Crippen molar-refractivity contribution in [2.45, 2.75) is 38.6 Å². The van der Waals surface area contributed by atoms with E-state index in [-0.39, 0.29) is 17.4 Å². The second-order valence-electron chi connectivity index (χ2n) is 4.40. The molecule has 0 aliphatic carbocycles. The summed E-state index contributed by atoms with van der Waals surface area (Å²) in [6.45, 7) is 4.26. The van der Waals surface area contributed by atoms with Crippen molar-refractivity contribution in [3.05, 3.63) is 0 Å². The van der Waals surface area contributed by atoms with E-state index in [9.17, 15) is 4.79 Å². The highest BCUT2D eigenvalue weighted by atomic mass is 79.9. The highest BCUT2D eigenvalue weighted by Crippen LogP contribution is 2.25. The van der Waals surface area contributed by atoms with Gasteiger partial charge < -0.3 is 5.32 Å². The normalized spacial score (nSPS) is 24.9. The van der Waals surface area contributed by atoms with Crippen molar-refractivity contribution >= 4 is 33.6 Å². The lowest BCUT2D eigenvalue weighted by Gasteiger charge is -2.30. The maximum Gasteiger partial charge on any atom is 0.224 e. The van der Waals surface area contributed by atoms with Crippen molar-refractivity contribution in [1.29, 1.82) is 0 Å². The number of halogens is 1. The molecule has 15 heavy (non-hydrogen) atoms. The summed E-state index contributed by atoms with van der Waals surface area (Å²) in [5.41, 5.74) is -0.0339. The summed E-state index contributed by atoms with van der Waals surface area (Å²) in [7, 11) is 0. The van der Waals surface area contributed by atoms with E-state index in [2.05, 4.69) is 35.1 Å². The van der Waals surface area contributed by atoms with Crippen molar-refractivity contribution < 1.29 is 4.79 Å². The van der Waals surface area contributed by atoms with Crippen LogP contribution in [0.5, 0.6) is 0 Å². The summed E-state index contributed by atoms with van der Waals surface area (Å²) in [6, 6.07) is 0. The molecule has 1 amide bonds. The molecule has 1 N–H and O–H groups in total. The van der Waals surface area contributed by atoms with Crippen LogP contribution in [0.25, 0.3) is 0 Å². The van der Waals surface area contributed by atoms with E-state index in [1.54, 1.807) is 0 Å². The SMILES string of the molecule is CCC(C)(CCBr)NC(=O)C1CCSC1. The van der Waals surface area contributed by atoms with Crippen LogP contribution in [-0.2, 0) is 4.79 Å². The van der Waals surface area contributed by atoms with Crippen molar-refractivity contribution in [3.63, 3.8) is 0 Å². The van der Waals surface area contributed by atoms with Crippen LogP contribution in [-0.4, -0.2) is 28.3 Å². The number of hydrogen-bond acceptors (Lipinski definition) is 2. The first-order chi connectivity index (χ1) is 7.11. The molecule has 0 saturated carbocycles. The van der Waals surface area contributed by atoms with Gasteiger partial charge in [-0.1, -0.05) is 22.9 Å². The molecule has 1 aliphatic rings. The van der Waals surface area contributed by atoms with Crippen molar-refractivity contribution in [2.75, 3.05) is 16.8 Å². The van der Waals surface area contributed by atoms with Gasteiger partial charge in [-0.25, -0.2) is 0 Å². The summed E-state index contributed by atoms with van der Waals surface area (Å²) >= 11 is 5.33. The van der Waals surface area contributed by atoms with Gasteiger partial charge in [0.05, 0.1) is 0 Å². The van der Waals surface area contributed by atoms with Gasteiger partial charge in [0.25, 0.3) is 0 Å². The summed E-state index contributed by atoms with van der Waals surface area (Å²) in [4.78, 5) is 12.0. The van der Waals surface area contributed by atoms with Crippen molar-refractivity contribution in [2.24, 2.45) is 5.92 Å². The number of thioether (sulfide) groups is 1. The third-order valence-corrected chi connectivity index (χ3v) is 4.71. The van der Waals surface area contributed by atoms with Crippen LogP contribution < -0.4 is 5.32 Å². The van der Waals surface area contributed by atoms with E-state index in [0.717, 1.165) is 36.1 Å². The first-order valence-corrected chi connectivity index (χ1v) is 7.84. The second kappa shape index (κ2) is 6.14. The zero-order chi connectivity index (χ0) is 11.3. The van der Waals surface area contributed by atoms with E-state index < -0.39 is 0 Å². The van der Waals surface area contributed by atoms with Gasteiger partial charge in [0.15, 0.2) is 0 Å². The minimum atomic E-state index is -0.0339. The largest absolute Gasteiger partial charge is 0.351 e. The van der Waals surface area contributed by atoms with E-state index in [1.807, 2.05) is 11.8 Å². The lowest BCUT2D eigenvalue weighted by Crippen LogP contribution is -2.48. The fourth-order valence-electron chi connectivity index (χ4n) is 1.68. The Labute approximate surface area is 105 Å². The Morgan fingerprint density at radius 1 is 1.67 bits per heavy atom. The summed E-state index contributed by atoms with van der Waals surface area (Å²) < 4.78 is 0. The molecule has 0 spiro atoms. The Morgan fingerprint density at radius 3 is 2.87 bits per heavy atom. The van der Waals surface area contributed by atoms with Crippen LogP contribution in [0.4, 0.5) is 0 Å². The standard InChI is InChI=1S/C11H20BrNOS/c1-3-11(2,5-6-12)13-10(14)9-4-7-15-8-9/h9H,3-8H2,1-2H3,(H,13,14). The van der Waals surface area contributed by atoms with Gasteiger partial charge in [-0.3, -0.25) is 4.79 Å². The number of alkyl halides is 1. The van der Waals surface area contributed by atoms with E-state index in [4.69, 9.17) is 0 Å². The molecule has 4 heteroatoms. The van der Waals surface area contributed by atoms with Crippen LogP contribution in [0.1, 0.15) is 33.1 Å². The Kier molecular flexibility index (Phi) is 5.47. The lowest BCUT2D eigenvalue weighted by atomic mass is 9.94. The topological polar surface area (TPSA) is 29.1 Å². The quantitative estimate of drug-likeness (QED) is 0.790. The molecule has 2 nitrogen and oxygen atoms in total. The number of carbonyl (C=O) groups excluding carboxylic acids is 1. The molecule has 1 fully saturated rings. The minimum absolute atomic E-state index is 0.0339. The average molecular weight is 294 g/mol. The fraction of sp³-hybridized carbons (Fsp3) is 0.909. The van der Waals surface area contributed by atoms with Gasteiger partial charge in [0, 0.05) is 22.5 Å². The third kappa shape index (κ3) is 3.99. The molecule has 1 heterocycles. The Bertz CT molecular complexity index is 219. The van der Waals surface area contributed by atoms with Gasteiger partial charge in [-0.2, -0.15) is 11.8 Å². The van der Waals surface area contributed by atoms with Crippen LogP contribution >= 0.6 is 27.7 Å². The number of rotatable bonds is 5. The summed E-state index contributed by atoms with van der Waals surface area (Å²) in [6.07, 6.45) is 3.03. The van der Waals surface area contributed by atoms with E-state index >= 15 is 0 Å². The second-order valence-corrected chi connectivity index (χ2v) is 6.35. The molecule has 88 valence electrons. The lowest BCUT2D eigenvalue weighted by molar-refractivity contribution is -0.126. The van der Waals surface area contributed by atoms with Crippen molar-refractivity contribution in [1.82, 2.24) is 5.32 Å². The number of hydrogen-bond donors (Lipinski definition) is 1. The van der Waals surface area contributed by atoms with Crippen LogP contribution in [0, 0.1) is 5.92 Å². The summed E-state index contributed by atoms with van der Waals surface area (Å²) in [5.74, 6) is 2.64. The molecular weight excluding hydrogens is 274 g/mol. The first kappa shape index (κ1) is 13.4. The van der Waals surface area contributed by atoms with Gasteiger partial charge >= 0.3 is 0 Å². The van der Waals surface area contributed by atoms with Crippen LogP contribution in [0.3, 0.4) is 0 Å². The Hall–Kier alpha value is 0.300. The maximum atomic E-state index is 12.0. The molecule has 1 saturated heterocycles. The van der Waals surface area contributed by atoms with Crippen molar-refractivity contribution in [3.8, 4) is 0 Å². The predicted octanol–water partition coefficient (Wildman–Crippen LogP) is 2.81. The van der Waals surface area contributed by atoms with Crippen LogP contribution in [0.15, 0.2) is 0 Å². The zero-order valence-electron chi connectivity index (χ0n) is 9.51. The maximum absolute atomic E-state index is 12.0. The summed E-state index contributed by atoms with van der Waals surface area (Å²) in [5, 5.41) is 4.15. The van der Waals surface area contributed by atoms with Gasteiger partial charge in [0.1, 0.15) is 0 Å². The highest BCUT2D eigenvalue weighted by molar-refractivity contribution is 9.09. The Balaban J connectivity index is 2.46. The molecule has 2 atom stereocenters. The molecule has 0 bridgehead atoms. The van der Waals surface area contributed by atoms with Gasteiger partial charge in [-0.05, 0) is 31.9 Å². The highest BCUT2D eigenvalue weighted by Gasteiger charge is 2.29. The van der Waals surface area contributed by atoms with Gasteiger partial charge in [-0.15, -0.1) is 0 Å². The Morgan fingerprint density at radius 2 is 2.40 bits per heavy atom. The van der Waals surface area contributed by atoms with Gasteiger partial charge in [0.2, 0.25) is 5.91 Å². The molecule has 0 aromatic rings. The zero-order valence-corrected chi connectivity index (χ0v) is 11.9. The monoisotopic (exact) mass is 293 g/mol. The van der Waals surface area contributed by atoms with Crippen LogP contribution in [0.2, 0.25) is 0 Å². The smallest absolute Gasteiger partial charge is 0.224 e. The van der Waals surface area contributed by atoms with E-state index in [0.29, 0.717) is 0 Å². The molecular formula is C11H20BrNOS. The molecule has 0 aromatic carbocycles. The molecule has 2 unspecified atom stereocenters. The molecule has 0 aromatic heterocycles. The predicted molar refractivity (Wildman–Crippen MR) is 70.7 cm³/mol. The molecule has 1 aliphatic heterocycles. The number of amides is 1. The fourth-order valence-corrected chi connectivity index (χ4v) is 3.77. The first-order valence-electron chi connectivity index (χ1n) is 5.57. The molecule has 1 rings (SSSR count). The number of carbonyl (C=O) groups is 1. The van der Waals surface area contributed by atoms with E-state index in [1.165, 1.54) is 0 Å².